The third kappa shape index (κ3) is 3.41. The minimum Gasteiger partial charge on any atom is -0.348 e. The molecule has 0 fully saturated rings. The lowest BCUT2D eigenvalue weighted by Gasteiger charge is -2.12. The molecular formula is C19H16FN3O. The van der Waals surface area contributed by atoms with Gasteiger partial charge in [-0.05, 0) is 47.0 Å². The first-order valence-corrected chi connectivity index (χ1v) is 7.46. The van der Waals surface area contributed by atoms with Gasteiger partial charge in [-0.2, -0.15) is 5.10 Å². The molecule has 120 valence electrons. The third-order valence-electron chi connectivity index (χ3n) is 3.72. The number of benzene rings is 2. The summed E-state index contributed by atoms with van der Waals surface area (Å²) in [6.07, 6.45) is 2.91. The number of carbonyl (C=O) groups excluding carboxylic acids is 1. The maximum absolute atomic E-state index is 13.1. The number of aromatic nitrogens is 2. The van der Waals surface area contributed by atoms with E-state index in [4.69, 9.17) is 0 Å². The van der Waals surface area contributed by atoms with Crippen molar-refractivity contribution in [2.24, 2.45) is 0 Å². The number of hydrogen-bond acceptors (Lipinski definition) is 2. The van der Waals surface area contributed by atoms with Crippen molar-refractivity contribution in [1.29, 1.82) is 0 Å². The van der Waals surface area contributed by atoms with E-state index in [2.05, 4.69) is 22.1 Å². The molecule has 2 N–H and O–H groups in total. The summed E-state index contributed by atoms with van der Waals surface area (Å²) in [5, 5.41) is 9.70. The highest BCUT2D eigenvalue weighted by Crippen LogP contribution is 2.28. The van der Waals surface area contributed by atoms with Crippen LogP contribution in [0.5, 0.6) is 0 Å². The van der Waals surface area contributed by atoms with Gasteiger partial charge in [0.05, 0.1) is 5.69 Å². The Morgan fingerprint density at radius 3 is 2.58 bits per heavy atom. The molecule has 1 aromatic heterocycles. The Labute approximate surface area is 139 Å². The molecule has 0 aliphatic rings. The Kier molecular flexibility index (Phi) is 4.52. The molecule has 1 heterocycles. The largest absolute Gasteiger partial charge is 0.348 e. The molecule has 0 unspecified atom stereocenters. The lowest BCUT2D eigenvalue weighted by atomic mass is 9.97. The van der Waals surface area contributed by atoms with Gasteiger partial charge in [-0.15, -0.1) is 0 Å². The number of halogens is 1. The first-order valence-electron chi connectivity index (χ1n) is 7.46. The monoisotopic (exact) mass is 321 g/mol. The summed E-state index contributed by atoms with van der Waals surface area (Å²) >= 11 is 0. The van der Waals surface area contributed by atoms with Gasteiger partial charge in [0, 0.05) is 18.3 Å². The molecule has 0 saturated heterocycles. The molecule has 0 spiro atoms. The molecule has 0 radical (unpaired) electrons. The van der Waals surface area contributed by atoms with Crippen LogP contribution in [0.3, 0.4) is 0 Å². The molecule has 2 aromatic carbocycles. The summed E-state index contributed by atoms with van der Waals surface area (Å²) in [5.74, 6) is -0.496. The van der Waals surface area contributed by atoms with E-state index in [-0.39, 0.29) is 11.7 Å². The van der Waals surface area contributed by atoms with Crippen molar-refractivity contribution in [2.75, 3.05) is 0 Å². The zero-order chi connectivity index (χ0) is 16.9. The van der Waals surface area contributed by atoms with Crippen molar-refractivity contribution < 1.29 is 9.18 Å². The van der Waals surface area contributed by atoms with E-state index >= 15 is 0 Å². The fourth-order valence-corrected chi connectivity index (χ4v) is 2.46. The quantitative estimate of drug-likeness (QED) is 0.704. The van der Waals surface area contributed by atoms with Gasteiger partial charge in [0.1, 0.15) is 5.82 Å². The normalized spacial score (nSPS) is 10.4. The lowest BCUT2D eigenvalue weighted by Crippen LogP contribution is -2.20. The van der Waals surface area contributed by atoms with Crippen LogP contribution in [-0.4, -0.2) is 16.1 Å². The predicted octanol–water partition coefficient (Wildman–Crippen LogP) is 3.69. The maximum Gasteiger partial charge on any atom is 0.243 e. The number of aromatic amines is 1. The van der Waals surface area contributed by atoms with E-state index in [0.29, 0.717) is 6.54 Å². The number of amides is 1. The number of nitrogens with zero attached hydrogens (tertiary/aromatic N) is 1. The molecule has 0 bridgehead atoms. The minimum atomic E-state index is -0.267. The van der Waals surface area contributed by atoms with Gasteiger partial charge < -0.3 is 5.32 Å². The number of carbonyl (C=O) groups is 1. The summed E-state index contributed by atoms with van der Waals surface area (Å²) in [7, 11) is 0. The fourth-order valence-electron chi connectivity index (χ4n) is 2.46. The van der Waals surface area contributed by atoms with Crippen molar-refractivity contribution in [2.45, 2.75) is 6.54 Å². The Balaban J connectivity index is 1.99. The standard InChI is InChI=1S/C19H16FN3O/c1-2-19(24)21-12-15-4-3-14(13-5-7-16(20)8-6-13)11-17(15)18-9-10-22-23-18/h2-11H,1,12H2,(H,21,24)(H,22,23). The van der Waals surface area contributed by atoms with E-state index in [1.165, 1.54) is 18.2 Å². The van der Waals surface area contributed by atoms with Gasteiger partial charge in [-0.3, -0.25) is 9.89 Å². The first-order chi connectivity index (χ1) is 11.7. The van der Waals surface area contributed by atoms with Crippen molar-refractivity contribution in [1.82, 2.24) is 15.5 Å². The SMILES string of the molecule is C=CC(=O)NCc1ccc(-c2ccc(F)cc2)cc1-c1ccn[nH]1. The molecular weight excluding hydrogens is 305 g/mol. The van der Waals surface area contributed by atoms with Crippen LogP contribution >= 0.6 is 0 Å². The highest BCUT2D eigenvalue weighted by molar-refractivity contribution is 5.87. The topological polar surface area (TPSA) is 57.8 Å². The number of nitrogens with one attached hydrogen (secondary N) is 2. The Bertz CT molecular complexity index is 855. The second-order valence-corrected chi connectivity index (χ2v) is 5.27. The summed E-state index contributed by atoms with van der Waals surface area (Å²) < 4.78 is 13.1. The average Bonchev–Trinajstić information content (AvgIpc) is 3.14. The smallest absolute Gasteiger partial charge is 0.243 e. The molecule has 0 aliphatic carbocycles. The maximum atomic E-state index is 13.1. The summed E-state index contributed by atoms with van der Waals surface area (Å²) in [4.78, 5) is 11.4. The van der Waals surface area contributed by atoms with Crippen molar-refractivity contribution in [3.8, 4) is 22.4 Å². The molecule has 3 aromatic rings. The minimum absolute atomic E-state index is 0.229. The van der Waals surface area contributed by atoms with Gasteiger partial charge in [0.25, 0.3) is 0 Å². The fraction of sp³-hybridized carbons (Fsp3) is 0.0526. The molecule has 24 heavy (non-hydrogen) atoms. The third-order valence-corrected chi connectivity index (χ3v) is 3.72. The van der Waals surface area contributed by atoms with Gasteiger partial charge in [-0.1, -0.05) is 30.8 Å². The second-order valence-electron chi connectivity index (χ2n) is 5.27. The van der Waals surface area contributed by atoms with Crippen LogP contribution in [0.1, 0.15) is 5.56 Å². The number of rotatable bonds is 5. The number of hydrogen-bond donors (Lipinski definition) is 2. The van der Waals surface area contributed by atoms with Crippen LogP contribution in [0.25, 0.3) is 22.4 Å². The van der Waals surface area contributed by atoms with Gasteiger partial charge in [-0.25, -0.2) is 4.39 Å². The zero-order valence-electron chi connectivity index (χ0n) is 12.9. The van der Waals surface area contributed by atoms with Crippen LogP contribution in [0.15, 0.2) is 67.4 Å². The average molecular weight is 321 g/mol. The van der Waals surface area contributed by atoms with E-state index in [9.17, 15) is 9.18 Å². The van der Waals surface area contributed by atoms with Crippen molar-refractivity contribution >= 4 is 5.91 Å². The molecule has 3 rings (SSSR count). The highest BCUT2D eigenvalue weighted by atomic mass is 19.1. The van der Waals surface area contributed by atoms with Crippen LogP contribution in [0.4, 0.5) is 4.39 Å². The lowest BCUT2D eigenvalue weighted by molar-refractivity contribution is -0.116. The molecule has 4 nitrogen and oxygen atoms in total. The summed E-state index contributed by atoms with van der Waals surface area (Å²) in [5.41, 5.74) is 4.60. The predicted molar refractivity (Wildman–Crippen MR) is 91.5 cm³/mol. The van der Waals surface area contributed by atoms with E-state index in [0.717, 1.165) is 27.9 Å². The van der Waals surface area contributed by atoms with E-state index in [1.807, 2.05) is 24.3 Å². The summed E-state index contributed by atoms with van der Waals surface area (Å²) in [6.45, 7) is 3.83. The van der Waals surface area contributed by atoms with Crippen LogP contribution in [0.2, 0.25) is 0 Å². The van der Waals surface area contributed by atoms with Crippen LogP contribution < -0.4 is 5.32 Å². The van der Waals surface area contributed by atoms with Gasteiger partial charge in [0.2, 0.25) is 5.91 Å². The molecule has 1 amide bonds. The Morgan fingerprint density at radius 1 is 1.17 bits per heavy atom. The molecule has 0 aliphatic heterocycles. The van der Waals surface area contributed by atoms with Gasteiger partial charge >= 0.3 is 0 Å². The van der Waals surface area contributed by atoms with Crippen molar-refractivity contribution in [3.05, 3.63) is 78.8 Å². The molecule has 0 saturated carbocycles. The Morgan fingerprint density at radius 2 is 1.92 bits per heavy atom. The van der Waals surface area contributed by atoms with E-state index in [1.54, 1.807) is 18.3 Å². The molecule has 5 heteroatoms. The second kappa shape index (κ2) is 6.91. The van der Waals surface area contributed by atoms with Crippen LogP contribution in [0, 0.1) is 5.82 Å². The van der Waals surface area contributed by atoms with E-state index < -0.39 is 0 Å². The summed E-state index contributed by atoms with van der Waals surface area (Å²) in [6, 6.07) is 14.1. The zero-order valence-corrected chi connectivity index (χ0v) is 12.9. The molecule has 0 atom stereocenters. The van der Waals surface area contributed by atoms with Crippen LogP contribution in [-0.2, 0) is 11.3 Å². The Hall–Kier alpha value is -3.21. The van der Waals surface area contributed by atoms with Gasteiger partial charge in [0.15, 0.2) is 0 Å². The first kappa shape index (κ1) is 15.7. The number of H-pyrrole nitrogens is 1. The van der Waals surface area contributed by atoms with Crippen molar-refractivity contribution in [3.63, 3.8) is 0 Å². The highest BCUT2D eigenvalue weighted by Gasteiger charge is 2.10.